The van der Waals surface area contributed by atoms with Gasteiger partial charge in [-0.05, 0) is 24.1 Å². The van der Waals surface area contributed by atoms with Gasteiger partial charge in [0.25, 0.3) is 0 Å². The smallest absolute Gasteiger partial charge is 0.0234 e. The molecule has 1 atom stereocenters. The summed E-state index contributed by atoms with van der Waals surface area (Å²) in [6.45, 7) is 3.19. The van der Waals surface area contributed by atoms with Crippen molar-refractivity contribution in [2.24, 2.45) is 5.73 Å². The number of likely N-dealkylation sites (tertiary alicyclic amines) is 1. The van der Waals surface area contributed by atoms with Crippen LogP contribution in [-0.2, 0) is 6.54 Å². The second-order valence-corrected chi connectivity index (χ2v) is 4.83. The third kappa shape index (κ3) is 4.60. The van der Waals surface area contributed by atoms with Crippen molar-refractivity contribution in [3.8, 4) is 0 Å². The van der Waals surface area contributed by atoms with Gasteiger partial charge in [0.05, 0.1) is 0 Å². The minimum Gasteiger partial charge on any atom is -0.326 e. The number of halogens is 3. The summed E-state index contributed by atoms with van der Waals surface area (Å²) in [5, 5.41) is 0. The first-order valence-corrected chi connectivity index (χ1v) is 5.76. The predicted molar refractivity (Wildman–Crippen MR) is 76.5 cm³/mol. The van der Waals surface area contributed by atoms with E-state index < -0.39 is 0 Å². The van der Waals surface area contributed by atoms with E-state index in [1.165, 1.54) is 5.56 Å². The summed E-state index contributed by atoms with van der Waals surface area (Å²) in [4.78, 5) is 2.41. The van der Waals surface area contributed by atoms with Crippen molar-refractivity contribution in [3.05, 3.63) is 34.3 Å². The molecule has 92 valence electrons. The number of hydrogen-bond acceptors (Lipinski definition) is 2. The fraction of sp³-hybridized carbons (Fsp3) is 0.455. The molecule has 1 aromatic carbocycles. The second-order valence-electron chi connectivity index (χ2n) is 3.91. The summed E-state index contributed by atoms with van der Waals surface area (Å²) >= 11 is 3.48. The number of nitrogens with zero attached hydrogens (tertiary/aromatic N) is 1. The molecule has 2 nitrogen and oxygen atoms in total. The van der Waals surface area contributed by atoms with Gasteiger partial charge in [0.15, 0.2) is 0 Å². The summed E-state index contributed by atoms with van der Waals surface area (Å²) in [7, 11) is 0. The third-order valence-electron chi connectivity index (χ3n) is 2.60. The van der Waals surface area contributed by atoms with Crippen molar-refractivity contribution < 1.29 is 0 Å². The lowest BCUT2D eigenvalue weighted by molar-refractivity contribution is 0.327. The van der Waals surface area contributed by atoms with Crippen LogP contribution in [0.4, 0.5) is 0 Å². The molecule has 1 aliphatic heterocycles. The van der Waals surface area contributed by atoms with Crippen LogP contribution in [-0.4, -0.2) is 24.0 Å². The summed E-state index contributed by atoms with van der Waals surface area (Å²) in [6, 6.07) is 8.84. The predicted octanol–water partition coefficient (Wildman–Crippen LogP) is 2.83. The molecule has 1 fully saturated rings. The van der Waals surface area contributed by atoms with Crippen LogP contribution in [0.5, 0.6) is 0 Å². The van der Waals surface area contributed by atoms with E-state index in [1.54, 1.807) is 0 Å². The molecule has 0 aliphatic carbocycles. The van der Waals surface area contributed by atoms with Gasteiger partial charge in [-0.3, -0.25) is 4.90 Å². The maximum absolute atomic E-state index is 5.86. The standard InChI is InChI=1S/C11H15BrN2.2ClH/c12-10-3-1-2-9(6-10)7-14-5-4-11(13)8-14;;/h1-3,6,11H,4-5,7-8,13H2;2*1H. The van der Waals surface area contributed by atoms with Gasteiger partial charge in [0, 0.05) is 30.1 Å². The fourth-order valence-corrected chi connectivity index (χ4v) is 2.35. The van der Waals surface area contributed by atoms with Crippen LogP contribution in [0.15, 0.2) is 28.7 Å². The lowest BCUT2D eigenvalue weighted by atomic mass is 10.2. The highest BCUT2D eigenvalue weighted by Gasteiger charge is 2.18. The van der Waals surface area contributed by atoms with E-state index >= 15 is 0 Å². The maximum atomic E-state index is 5.86. The Bertz CT molecular complexity index is 323. The Morgan fingerprint density at radius 1 is 1.38 bits per heavy atom. The lowest BCUT2D eigenvalue weighted by Gasteiger charge is -2.15. The van der Waals surface area contributed by atoms with E-state index in [1.807, 2.05) is 0 Å². The second kappa shape index (κ2) is 7.51. The molecule has 0 radical (unpaired) electrons. The number of hydrogen-bond donors (Lipinski definition) is 1. The van der Waals surface area contributed by atoms with Crippen LogP contribution in [0.1, 0.15) is 12.0 Å². The van der Waals surface area contributed by atoms with Gasteiger partial charge in [-0.2, -0.15) is 0 Å². The van der Waals surface area contributed by atoms with Gasteiger partial charge in [-0.1, -0.05) is 28.1 Å². The fourth-order valence-electron chi connectivity index (χ4n) is 1.90. The molecule has 0 saturated carbocycles. The van der Waals surface area contributed by atoms with Gasteiger partial charge in [0.2, 0.25) is 0 Å². The average molecular weight is 328 g/mol. The van der Waals surface area contributed by atoms with Gasteiger partial charge in [-0.25, -0.2) is 0 Å². The maximum Gasteiger partial charge on any atom is 0.0234 e. The Morgan fingerprint density at radius 2 is 2.12 bits per heavy atom. The molecule has 0 bridgehead atoms. The van der Waals surface area contributed by atoms with E-state index in [0.717, 1.165) is 30.5 Å². The van der Waals surface area contributed by atoms with E-state index in [4.69, 9.17) is 5.73 Å². The molecular formula is C11H17BrCl2N2. The van der Waals surface area contributed by atoms with Crippen molar-refractivity contribution in [1.29, 1.82) is 0 Å². The molecule has 1 saturated heterocycles. The molecule has 1 aliphatic rings. The molecule has 5 heteroatoms. The van der Waals surface area contributed by atoms with Crippen molar-refractivity contribution >= 4 is 40.7 Å². The van der Waals surface area contributed by atoms with Gasteiger partial charge in [-0.15, -0.1) is 24.8 Å². The Balaban J connectivity index is 0.00000112. The molecule has 1 aromatic rings. The summed E-state index contributed by atoms with van der Waals surface area (Å²) < 4.78 is 1.15. The van der Waals surface area contributed by atoms with Crippen molar-refractivity contribution in [3.63, 3.8) is 0 Å². The monoisotopic (exact) mass is 326 g/mol. The number of rotatable bonds is 2. The summed E-state index contributed by atoms with van der Waals surface area (Å²) in [6.07, 6.45) is 1.13. The topological polar surface area (TPSA) is 29.3 Å². The molecular weight excluding hydrogens is 311 g/mol. The molecule has 0 amide bonds. The highest BCUT2D eigenvalue weighted by Crippen LogP contribution is 2.16. The van der Waals surface area contributed by atoms with Crippen LogP contribution in [0, 0.1) is 0 Å². The first-order chi connectivity index (χ1) is 6.74. The lowest BCUT2D eigenvalue weighted by Crippen LogP contribution is -2.26. The Labute approximate surface area is 118 Å². The zero-order chi connectivity index (χ0) is 9.97. The Kier molecular flexibility index (Phi) is 7.61. The molecule has 2 N–H and O–H groups in total. The molecule has 1 unspecified atom stereocenters. The zero-order valence-electron chi connectivity index (χ0n) is 8.93. The van der Waals surface area contributed by atoms with E-state index in [2.05, 4.69) is 45.1 Å². The first kappa shape index (κ1) is 16.2. The minimum absolute atomic E-state index is 0. The van der Waals surface area contributed by atoms with Crippen LogP contribution >= 0.6 is 40.7 Å². The van der Waals surface area contributed by atoms with E-state index in [9.17, 15) is 0 Å². The summed E-state index contributed by atoms with van der Waals surface area (Å²) in [5.41, 5.74) is 7.21. The number of benzene rings is 1. The van der Waals surface area contributed by atoms with Crippen LogP contribution in [0.25, 0.3) is 0 Å². The molecule has 0 aromatic heterocycles. The van der Waals surface area contributed by atoms with Crippen LogP contribution in [0.3, 0.4) is 0 Å². The van der Waals surface area contributed by atoms with Gasteiger partial charge < -0.3 is 5.73 Å². The molecule has 16 heavy (non-hydrogen) atoms. The van der Waals surface area contributed by atoms with Crippen LogP contribution < -0.4 is 5.73 Å². The normalized spacial score (nSPS) is 20.0. The van der Waals surface area contributed by atoms with Crippen molar-refractivity contribution in [2.75, 3.05) is 13.1 Å². The van der Waals surface area contributed by atoms with E-state index in [0.29, 0.717) is 6.04 Å². The first-order valence-electron chi connectivity index (χ1n) is 4.96. The van der Waals surface area contributed by atoms with Gasteiger partial charge in [0.1, 0.15) is 0 Å². The average Bonchev–Trinajstić information content (AvgIpc) is 2.51. The quantitative estimate of drug-likeness (QED) is 0.905. The van der Waals surface area contributed by atoms with Crippen LogP contribution in [0.2, 0.25) is 0 Å². The zero-order valence-corrected chi connectivity index (χ0v) is 12.2. The Morgan fingerprint density at radius 3 is 2.69 bits per heavy atom. The minimum atomic E-state index is 0. The highest BCUT2D eigenvalue weighted by atomic mass is 79.9. The highest BCUT2D eigenvalue weighted by molar-refractivity contribution is 9.10. The molecule has 2 rings (SSSR count). The number of nitrogens with two attached hydrogens (primary N) is 1. The molecule has 0 spiro atoms. The SMILES string of the molecule is Cl.Cl.NC1CCN(Cc2cccc(Br)c2)C1. The van der Waals surface area contributed by atoms with Gasteiger partial charge >= 0.3 is 0 Å². The summed E-state index contributed by atoms with van der Waals surface area (Å²) in [5.74, 6) is 0. The third-order valence-corrected chi connectivity index (χ3v) is 3.10. The molecule has 1 heterocycles. The van der Waals surface area contributed by atoms with Crippen molar-refractivity contribution in [2.45, 2.75) is 19.0 Å². The Hall–Kier alpha value is 0.200. The van der Waals surface area contributed by atoms with E-state index in [-0.39, 0.29) is 24.8 Å². The van der Waals surface area contributed by atoms with Crippen molar-refractivity contribution in [1.82, 2.24) is 4.90 Å². The largest absolute Gasteiger partial charge is 0.326 e.